The molecule has 0 heterocycles. The number of nitrogens with one attached hydrogen (secondary N) is 1. The molecule has 0 fully saturated rings. The van der Waals surface area contributed by atoms with E-state index in [9.17, 15) is 8.42 Å². The number of hydrogen-bond acceptors (Lipinski definition) is 2. The van der Waals surface area contributed by atoms with Crippen LogP contribution in [0.3, 0.4) is 0 Å². The third-order valence-corrected chi connectivity index (χ3v) is 11.0. The molecule has 2 rings (SSSR count). The Labute approximate surface area is 165 Å². The Morgan fingerprint density at radius 3 is 2.15 bits per heavy atom. The van der Waals surface area contributed by atoms with Crippen molar-refractivity contribution >= 4 is 23.3 Å². The van der Waals surface area contributed by atoms with Gasteiger partial charge in [-0.3, -0.25) is 0 Å². The molecule has 2 aromatic carbocycles. The number of benzene rings is 2. The van der Waals surface area contributed by atoms with Crippen LogP contribution in [0.4, 0.5) is 0 Å². The van der Waals surface area contributed by atoms with Crippen molar-refractivity contribution in [3.8, 4) is 0 Å². The fourth-order valence-electron chi connectivity index (χ4n) is 3.45. The molecule has 0 spiro atoms. The quantitative estimate of drug-likeness (QED) is 0.518. The van der Waals surface area contributed by atoms with Gasteiger partial charge in [-0.2, -0.15) is 0 Å². The maximum atomic E-state index is 12.8. The predicted molar refractivity (Wildman–Crippen MR) is 118 cm³/mol. The van der Waals surface area contributed by atoms with Gasteiger partial charge in [0, 0.05) is 5.54 Å². The van der Waals surface area contributed by atoms with Gasteiger partial charge in [0.05, 0.1) is 13.0 Å². The third-order valence-electron chi connectivity index (χ3n) is 5.20. The van der Waals surface area contributed by atoms with Crippen molar-refractivity contribution < 1.29 is 8.42 Å². The standard InChI is InChI=1S/C22H31NO2SSi/c1-7-20(27(5,6)21-11-9-8-10-12-21)17-22(3,4)23-26(24,25)19-15-13-18(2)14-16-19/h7-16,20,23H,1,17H2,2-6H3/t20-/m1/s1. The van der Waals surface area contributed by atoms with Crippen molar-refractivity contribution in [2.75, 3.05) is 0 Å². The minimum atomic E-state index is -3.57. The van der Waals surface area contributed by atoms with Crippen LogP contribution in [0.15, 0.2) is 72.1 Å². The van der Waals surface area contributed by atoms with Gasteiger partial charge in [0.2, 0.25) is 10.0 Å². The maximum absolute atomic E-state index is 12.8. The highest BCUT2D eigenvalue weighted by Crippen LogP contribution is 2.32. The summed E-state index contributed by atoms with van der Waals surface area (Å²) in [7, 11) is -5.40. The van der Waals surface area contributed by atoms with E-state index in [0.717, 1.165) is 5.56 Å². The van der Waals surface area contributed by atoms with Gasteiger partial charge in [0.15, 0.2) is 0 Å². The van der Waals surface area contributed by atoms with Gasteiger partial charge in [-0.05, 0) is 44.9 Å². The van der Waals surface area contributed by atoms with Crippen molar-refractivity contribution in [1.29, 1.82) is 0 Å². The van der Waals surface area contributed by atoms with Crippen molar-refractivity contribution in [2.45, 2.75) is 56.3 Å². The Bertz CT molecular complexity index is 872. The Kier molecular flexibility index (Phi) is 6.50. The summed E-state index contributed by atoms with van der Waals surface area (Å²) >= 11 is 0. The van der Waals surface area contributed by atoms with E-state index in [-0.39, 0.29) is 5.54 Å². The molecule has 0 aliphatic carbocycles. The SMILES string of the molecule is C=C[C@H](CC(C)(C)NS(=O)(=O)c1ccc(C)cc1)[Si](C)(C)c1ccccc1. The summed E-state index contributed by atoms with van der Waals surface area (Å²) < 4.78 is 28.5. The molecular weight excluding hydrogens is 370 g/mol. The lowest BCUT2D eigenvalue weighted by Gasteiger charge is -2.37. The van der Waals surface area contributed by atoms with Crippen LogP contribution >= 0.6 is 0 Å². The summed E-state index contributed by atoms with van der Waals surface area (Å²) in [5.74, 6) is 0. The average molecular weight is 402 g/mol. The smallest absolute Gasteiger partial charge is 0.207 e. The summed E-state index contributed by atoms with van der Waals surface area (Å²) in [5.41, 5.74) is 0.702. The van der Waals surface area contributed by atoms with Gasteiger partial charge >= 0.3 is 0 Å². The number of rotatable bonds is 8. The molecular formula is C22H31NO2SSi. The first kappa shape index (κ1) is 21.6. The minimum absolute atomic E-state index is 0.246. The lowest BCUT2D eigenvalue weighted by atomic mass is 10.00. The highest BCUT2D eigenvalue weighted by Gasteiger charge is 2.37. The van der Waals surface area contributed by atoms with Crippen LogP contribution in [-0.4, -0.2) is 22.0 Å². The van der Waals surface area contributed by atoms with Gasteiger partial charge in [-0.25, -0.2) is 13.1 Å². The molecule has 0 aliphatic heterocycles. The van der Waals surface area contributed by atoms with Crippen LogP contribution in [0.5, 0.6) is 0 Å². The molecule has 0 saturated carbocycles. The summed E-state index contributed by atoms with van der Waals surface area (Å²) in [5, 5.41) is 1.35. The van der Waals surface area contributed by atoms with Gasteiger partial charge < -0.3 is 0 Å². The molecule has 0 aliphatic rings. The molecule has 5 heteroatoms. The third kappa shape index (κ3) is 5.40. The van der Waals surface area contributed by atoms with E-state index in [1.165, 1.54) is 5.19 Å². The summed E-state index contributed by atoms with van der Waals surface area (Å²) in [6.07, 6.45) is 2.71. The van der Waals surface area contributed by atoms with Crippen LogP contribution in [0, 0.1) is 6.92 Å². The summed E-state index contributed by atoms with van der Waals surface area (Å²) in [6.45, 7) is 14.5. The summed E-state index contributed by atoms with van der Waals surface area (Å²) in [6, 6.07) is 17.4. The van der Waals surface area contributed by atoms with Crippen LogP contribution in [0.25, 0.3) is 0 Å². The Balaban J connectivity index is 2.22. The van der Waals surface area contributed by atoms with Crippen LogP contribution in [0.1, 0.15) is 25.8 Å². The first-order chi connectivity index (χ1) is 12.5. The molecule has 0 aromatic heterocycles. The zero-order chi connectivity index (χ0) is 20.3. The van der Waals surface area contributed by atoms with Gasteiger partial charge in [-0.15, -0.1) is 6.58 Å². The fraction of sp³-hybridized carbons (Fsp3) is 0.364. The van der Waals surface area contributed by atoms with Crippen LogP contribution in [0.2, 0.25) is 18.6 Å². The van der Waals surface area contributed by atoms with Gasteiger partial charge in [-0.1, -0.05) is 72.4 Å². The molecule has 27 heavy (non-hydrogen) atoms. The first-order valence-electron chi connectivity index (χ1n) is 9.27. The summed E-state index contributed by atoms with van der Waals surface area (Å²) in [4.78, 5) is 0.302. The van der Waals surface area contributed by atoms with Crippen LogP contribution < -0.4 is 9.91 Å². The lowest BCUT2D eigenvalue weighted by molar-refractivity contribution is 0.423. The molecule has 1 atom stereocenters. The van der Waals surface area contributed by atoms with E-state index >= 15 is 0 Å². The number of aryl methyl sites for hydroxylation is 1. The van der Waals surface area contributed by atoms with E-state index < -0.39 is 23.6 Å². The molecule has 0 bridgehead atoms. The first-order valence-corrected chi connectivity index (χ1v) is 13.8. The molecule has 1 N–H and O–H groups in total. The lowest BCUT2D eigenvalue weighted by Crippen LogP contribution is -2.51. The second-order valence-electron chi connectivity index (χ2n) is 8.44. The van der Waals surface area contributed by atoms with Gasteiger partial charge in [0.25, 0.3) is 0 Å². The van der Waals surface area contributed by atoms with Crippen molar-refractivity contribution in [2.24, 2.45) is 0 Å². The molecule has 0 radical (unpaired) electrons. The molecule has 146 valence electrons. The highest BCUT2D eigenvalue weighted by molar-refractivity contribution is 7.89. The second-order valence-corrected chi connectivity index (χ2v) is 14.9. The Hall–Kier alpha value is -1.69. The second kappa shape index (κ2) is 8.13. The van der Waals surface area contributed by atoms with Gasteiger partial charge in [0.1, 0.15) is 0 Å². The van der Waals surface area contributed by atoms with Crippen LogP contribution in [-0.2, 0) is 10.0 Å². The molecule has 2 aromatic rings. The van der Waals surface area contributed by atoms with E-state index in [1.807, 2.05) is 45.0 Å². The van der Waals surface area contributed by atoms with E-state index in [1.54, 1.807) is 12.1 Å². The Morgan fingerprint density at radius 2 is 1.63 bits per heavy atom. The fourth-order valence-corrected chi connectivity index (χ4v) is 7.96. The molecule has 3 nitrogen and oxygen atoms in total. The predicted octanol–water partition coefficient (Wildman–Crippen LogP) is 4.61. The normalized spacial score (nSPS) is 14.0. The zero-order valence-corrected chi connectivity index (χ0v) is 18.8. The largest absolute Gasteiger partial charge is 0.241 e. The number of hydrogen-bond donors (Lipinski definition) is 1. The highest BCUT2D eigenvalue weighted by atomic mass is 32.2. The molecule has 0 unspecified atom stereocenters. The van der Waals surface area contributed by atoms with E-state index in [2.05, 4.69) is 48.7 Å². The number of sulfonamides is 1. The van der Waals surface area contributed by atoms with Crippen molar-refractivity contribution in [3.63, 3.8) is 0 Å². The van der Waals surface area contributed by atoms with E-state index in [4.69, 9.17) is 0 Å². The van der Waals surface area contributed by atoms with Crippen molar-refractivity contribution in [3.05, 3.63) is 72.8 Å². The molecule has 0 saturated heterocycles. The average Bonchev–Trinajstić information content (AvgIpc) is 2.60. The minimum Gasteiger partial charge on any atom is -0.207 e. The van der Waals surface area contributed by atoms with Crippen molar-refractivity contribution in [1.82, 2.24) is 4.72 Å². The monoisotopic (exact) mass is 401 g/mol. The number of allylic oxidation sites excluding steroid dienone is 1. The topological polar surface area (TPSA) is 46.2 Å². The molecule has 0 amide bonds. The maximum Gasteiger partial charge on any atom is 0.241 e. The Morgan fingerprint density at radius 1 is 1.07 bits per heavy atom. The van der Waals surface area contributed by atoms with E-state index in [0.29, 0.717) is 11.3 Å². The zero-order valence-electron chi connectivity index (χ0n) is 17.0.